The first-order valence-electron chi connectivity index (χ1n) is 8.29. The first kappa shape index (κ1) is 19.8. The van der Waals surface area contributed by atoms with Gasteiger partial charge in [-0.05, 0) is 38.3 Å². The standard InChI is InChI=1S/C18H23ClN4O.ClH/c1-12-17(18(24)22-9-7-15(20)8-10-22)13(2)23(21-12)11-14-5-3-4-6-16(14)19;/h3-6,15H,7-11,20H2,1-2H3;1H. The van der Waals surface area contributed by atoms with Crippen molar-refractivity contribution in [1.29, 1.82) is 0 Å². The van der Waals surface area contributed by atoms with E-state index >= 15 is 0 Å². The van der Waals surface area contributed by atoms with Crippen molar-refractivity contribution >= 4 is 29.9 Å². The Labute approximate surface area is 159 Å². The fourth-order valence-electron chi connectivity index (χ4n) is 3.21. The zero-order valence-electron chi connectivity index (χ0n) is 14.5. The highest BCUT2D eigenvalue weighted by Crippen LogP contribution is 2.21. The van der Waals surface area contributed by atoms with Crippen molar-refractivity contribution in [2.45, 2.75) is 39.3 Å². The molecule has 0 unspecified atom stereocenters. The maximum atomic E-state index is 12.9. The molecule has 0 aliphatic carbocycles. The highest BCUT2D eigenvalue weighted by molar-refractivity contribution is 6.31. The van der Waals surface area contributed by atoms with E-state index in [1.165, 1.54) is 0 Å². The number of nitrogens with zero attached hydrogens (tertiary/aromatic N) is 3. The van der Waals surface area contributed by atoms with Crippen LogP contribution in [0.15, 0.2) is 24.3 Å². The van der Waals surface area contributed by atoms with Crippen molar-refractivity contribution in [3.8, 4) is 0 Å². The molecular formula is C18H24Cl2N4O. The maximum Gasteiger partial charge on any atom is 0.257 e. The van der Waals surface area contributed by atoms with Gasteiger partial charge in [-0.25, -0.2) is 0 Å². The third-order valence-corrected chi connectivity index (χ3v) is 5.07. The highest BCUT2D eigenvalue weighted by Gasteiger charge is 2.26. The van der Waals surface area contributed by atoms with Crippen LogP contribution in [0.4, 0.5) is 0 Å². The van der Waals surface area contributed by atoms with Crippen molar-refractivity contribution in [1.82, 2.24) is 14.7 Å². The van der Waals surface area contributed by atoms with E-state index in [1.54, 1.807) is 0 Å². The van der Waals surface area contributed by atoms with E-state index in [-0.39, 0.29) is 24.4 Å². The lowest BCUT2D eigenvalue weighted by atomic mass is 10.0. The summed E-state index contributed by atoms with van der Waals surface area (Å²) in [4.78, 5) is 14.8. The van der Waals surface area contributed by atoms with Crippen molar-refractivity contribution in [2.24, 2.45) is 5.73 Å². The lowest BCUT2D eigenvalue weighted by Crippen LogP contribution is -2.43. The number of aryl methyl sites for hydroxylation is 1. The predicted molar refractivity (Wildman–Crippen MR) is 103 cm³/mol. The van der Waals surface area contributed by atoms with Gasteiger partial charge >= 0.3 is 0 Å². The first-order valence-corrected chi connectivity index (χ1v) is 8.67. The van der Waals surface area contributed by atoms with Gasteiger partial charge in [0.1, 0.15) is 0 Å². The molecule has 1 aromatic carbocycles. The molecule has 0 bridgehead atoms. The molecule has 1 amide bonds. The molecule has 7 heteroatoms. The van der Waals surface area contributed by atoms with E-state index in [0.717, 1.165) is 29.8 Å². The molecule has 2 heterocycles. The fourth-order valence-corrected chi connectivity index (χ4v) is 3.40. The monoisotopic (exact) mass is 382 g/mol. The Kier molecular flexibility index (Phi) is 6.49. The third kappa shape index (κ3) is 4.17. The number of carbonyl (C=O) groups excluding carboxylic acids is 1. The number of likely N-dealkylation sites (tertiary alicyclic amines) is 1. The Morgan fingerprint density at radius 1 is 1.28 bits per heavy atom. The van der Waals surface area contributed by atoms with Crippen molar-refractivity contribution < 1.29 is 4.79 Å². The minimum atomic E-state index is 0. The summed E-state index contributed by atoms with van der Waals surface area (Å²) in [6.07, 6.45) is 1.72. The van der Waals surface area contributed by atoms with Gasteiger partial charge in [0, 0.05) is 29.8 Å². The van der Waals surface area contributed by atoms with Crippen molar-refractivity contribution in [3.63, 3.8) is 0 Å². The average molecular weight is 383 g/mol. The Bertz CT molecular complexity index is 752. The first-order chi connectivity index (χ1) is 11.5. The van der Waals surface area contributed by atoms with Crippen LogP contribution in [0.2, 0.25) is 5.02 Å². The topological polar surface area (TPSA) is 64.2 Å². The number of rotatable bonds is 3. The summed E-state index contributed by atoms with van der Waals surface area (Å²) in [5.41, 5.74) is 9.28. The molecule has 1 fully saturated rings. The number of hydrogen-bond acceptors (Lipinski definition) is 3. The fraction of sp³-hybridized carbons (Fsp3) is 0.444. The van der Waals surface area contributed by atoms with Gasteiger partial charge in [-0.1, -0.05) is 29.8 Å². The maximum absolute atomic E-state index is 12.9. The second-order valence-corrected chi connectivity index (χ2v) is 6.83. The summed E-state index contributed by atoms with van der Waals surface area (Å²) < 4.78 is 1.86. The molecule has 5 nitrogen and oxygen atoms in total. The summed E-state index contributed by atoms with van der Waals surface area (Å²) in [5.74, 6) is 0.0577. The van der Waals surface area contributed by atoms with Crippen LogP contribution in [0, 0.1) is 13.8 Å². The smallest absolute Gasteiger partial charge is 0.257 e. The van der Waals surface area contributed by atoms with Crippen LogP contribution in [-0.4, -0.2) is 39.7 Å². The van der Waals surface area contributed by atoms with E-state index in [0.29, 0.717) is 30.2 Å². The second-order valence-electron chi connectivity index (χ2n) is 6.42. The lowest BCUT2D eigenvalue weighted by molar-refractivity contribution is 0.0713. The molecule has 2 aromatic rings. The van der Waals surface area contributed by atoms with Gasteiger partial charge < -0.3 is 10.6 Å². The molecule has 0 atom stereocenters. The quantitative estimate of drug-likeness (QED) is 0.886. The van der Waals surface area contributed by atoms with Crippen LogP contribution in [0.5, 0.6) is 0 Å². The number of aromatic nitrogens is 2. The van der Waals surface area contributed by atoms with Crippen LogP contribution < -0.4 is 5.73 Å². The van der Waals surface area contributed by atoms with E-state index in [1.807, 2.05) is 47.7 Å². The number of nitrogens with two attached hydrogens (primary N) is 1. The number of carbonyl (C=O) groups is 1. The Hall–Kier alpha value is -1.56. The molecule has 1 aliphatic rings. The summed E-state index contributed by atoms with van der Waals surface area (Å²) in [6, 6.07) is 7.91. The van der Waals surface area contributed by atoms with E-state index in [4.69, 9.17) is 17.3 Å². The molecule has 0 saturated carbocycles. The predicted octanol–water partition coefficient (Wildman–Crippen LogP) is 3.19. The summed E-state index contributed by atoms with van der Waals surface area (Å²) in [7, 11) is 0. The molecule has 0 spiro atoms. The van der Waals surface area contributed by atoms with Crippen LogP contribution in [0.25, 0.3) is 0 Å². The molecular weight excluding hydrogens is 359 g/mol. The SMILES string of the molecule is Cc1nn(Cc2ccccc2Cl)c(C)c1C(=O)N1CCC(N)CC1.Cl. The molecule has 3 rings (SSSR count). The van der Waals surface area contributed by atoms with Gasteiger partial charge in [0.2, 0.25) is 0 Å². The largest absolute Gasteiger partial charge is 0.338 e. The van der Waals surface area contributed by atoms with Crippen LogP contribution >= 0.6 is 24.0 Å². The minimum absolute atomic E-state index is 0. The Balaban J connectivity index is 0.00000225. The van der Waals surface area contributed by atoms with E-state index in [2.05, 4.69) is 5.10 Å². The van der Waals surface area contributed by atoms with Gasteiger partial charge in [0.25, 0.3) is 5.91 Å². The summed E-state index contributed by atoms with van der Waals surface area (Å²) in [5, 5.41) is 5.27. The van der Waals surface area contributed by atoms with Gasteiger partial charge in [-0.3, -0.25) is 9.48 Å². The average Bonchev–Trinajstić information content (AvgIpc) is 2.84. The van der Waals surface area contributed by atoms with Crippen LogP contribution in [-0.2, 0) is 6.54 Å². The molecule has 1 aromatic heterocycles. The van der Waals surface area contributed by atoms with Crippen molar-refractivity contribution in [3.05, 3.63) is 51.8 Å². The molecule has 1 saturated heterocycles. The normalized spacial score (nSPS) is 15.1. The Morgan fingerprint density at radius 3 is 2.56 bits per heavy atom. The number of hydrogen-bond donors (Lipinski definition) is 1. The summed E-state index contributed by atoms with van der Waals surface area (Å²) >= 11 is 6.24. The minimum Gasteiger partial charge on any atom is -0.338 e. The van der Waals surface area contributed by atoms with Gasteiger partial charge in [0.05, 0.1) is 17.8 Å². The third-order valence-electron chi connectivity index (χ3n) is 4.70. The molecule has 2 N–H and O–H groups in total. The number of benzene rings is 1. The van der Waals surface area contributed by atoms with E-state index < -0.39 is 0 Å². The van der Waals surface area contributed by atoms with E-state index in [9.17, 15) is 4.79 Å². The molecule has 136 valence electrons. The highest BCUT2D eigenvalue weighted by atomic mass is 35.5. The summed E-state index contributed by atoms with van der Waals surface area (Å²) in [6.45, 7) is 5.83. The zero-order chi connectivity index (χ0) is 17.3. The van der Waals surface area contributed by atoms with Gasteiger partial charge in [-0.15, -0.1) is 12.4 Å². The van der Waals surface area contributed by atoms with Gasteiger partial charge in [0.15, 0.2) is 0 Å². The van der Waals surface area contributed by atoms with Crippen molar-refractivity contribution in [2.75, 3.05) is 13.1 Å². The molecule has 0 radical (unpaired) electrons. The zero-order valence-corrected chi connectivity index (χ0v) is 16.1. The number of amides is 1. The lowest BCUT2D eigenvalue weighted by Gasteiger charge is -2.30. The second kappa shape index (κ2) is 8.21. The number of halogens is 2. The Morgan fingerprint density at radius 2 is 1.92 bits per heavy atom. The number of piperidine rings is 1. The molecule has 1 aliphatic heterocycles. The van der Waals surface area contributed by atoms with Gasteiger partial charge in [-0.2, -0.15) is 5.10 Å². The van der Waals surface area contributed by atoms with Crippen LogP contribution in [0.3, 0.4) is 0 Å². The van der Waals surface area contributed by atoms with Crippen LogP contribution in [0.1, 0.15) is 40.2 Å². The molecule has 25 heavy (non-hydrogen) atoms.